The molecule has 1 heterocycles. The van der Waals surface area contributed by atoms with Gasteiger partial charge in [0, 0.05) is 23.4 Å². The average molecular weight is 333 g/mol. The topological polar surface area (TPSA) is 105 Å². The summed E-state index contributed by atoms with van der Waals surface area (Å²) in [4.78, 5) is 25.1. The summed E-state index contributed by atoms with van der Waals surface area (Å²) in [5, 5.41) is 24.7. The van der Waals surface area contributed by atoms with E-state index in [1.165, 1.54) is 19.1 Å². The maximum absolute atomic E-state index is 12.7. The Morgan fingerprint density at radius 2 is 1.96 bits per heavy atom. The zero-order valence-corrected chi connectivity index (χ0v) is 13.5. The summed E-state index contributed by atoms with van der Waals surface area (Å²) in [6.07, 6.45) is 0. The second-order valence-corrected chi connectivity index (χ2v) is 5.75. The van der Waals surface area contributed by atoms with Gasteiger partial charge in [-0.2, -0.15) is 0 Å². The van der Waals surface area contributed by atoms with Gasteiger partial charge in [0.05, 0.1) is 6.61 Å². The van der Waals surface area contributed by atoms with Crippen molar-refractivity contribution in [2.75, 3.05) is 19.8 Å². The first kappa shape index (κ1) is 16.6. The average Bonchev–Trinajstić information content (AvgIpc) is 2.87. The molecule has 2 atom stereocenters. The first-order valence-corrected chi connectivity index (χ1v) is 7.71. The number of carbonyl (C=O) groups is 2. The van der Waals surface area contributed by atoms with Crippen molar-refractivity contribution in [1.82, 2.24) is 5.32 Å². The van der Waals surface area contributed by atoms with Crippen LogP contribution in [-0.4, -0.2) is 47.4 Å². The minimum absolute atomic E-state index is 0.0148. The Kier molecular flexibility index (Phi) is 3.95. The lowest BCUT2D eigenvalue weighted by atomic mass is 9.85. The molecule has 1 aromatic carbocycles. The fourth-order valence-corrected chi connectivity index (χ4v) is 3.32. The van der Waals surface area contributed by atoms with Gasteiger partial charge in [0.25, 0.3) is 0 Å². The van der Waals surface area contributed by atoms with E-state index in [0.717, 1.165) is 0 Å². The summed E-state index contributed by atoms with van der Waals surface area (Å²) in [6, 6.07) is 6.31. The van der Waals surface area contributed by atoms with Crippen LogP contribution in [0.2, 0.25) is 0 Å². The number of ether oxygens (including phenoxy) is 2. The van der Waals surface area contributed by atoms with Crippen LogP contribution in [0, 0.1) is 0 Å². The van der Waals surface area contributed by atoms with Gasteiger partial charge in [-0.3, -0.25) is 4.79 Å². The van der Waals surface area contributed by atoms with Crippen LogP contribution in [0.1, 0.15) is 29.8 Å². The van der Waals surface area contributed by atoms with Crippen LogP contribution in [0.4, 0.5) is 0 Å². The third-order valence-corrected chi connectivity index (χ3v) is 4.39. The van der Waals surface area contributed by atoms with Crippen molar-refractivity contribution in [3.8, 4) is 0 Å². The number of hydrogen-bond acceptors (Lipinski definition) is 7. The van der Waals surface area contributed by atoms with E-state index in [2.05, 4.69) is 5.32 Å². The number of rotatable bonds is 5. The quantitative estimate of drug-likeness (QED) is 0.523. The molecule has 3 rings (SSSR count). The molecule has 128 valence electrons. The monoisotopic (exact) mass is 333 g/mol. The number of carbonyl (C=O) groups excluding carboxylic acids is 2. The highest BCUT2D eigenvalue weighted by atomic mass is 16.6. The minimum atomic E-state index is -2.41. The van der Waals surface area contributed by atoms with E-state index in [4.69, 9.17) is 9.47 Å². The highest BCUT2D eigenvalue weighted by Crippen LogP contribution is 2.51. The van der Waals surface area contributed by atoms with Crippen molar-refractivity contribution in [2.24, 2.45) is 0 Å². The van der Waals surface area contributed by atoms with E-state index < -0.39 is 23.1 Å². The lowest BCUT2D eigenvalue weighted by Crippen LogP contribution is -2.56. The lowest BCUT2D eigenvalue weighted by molar-refractivity contribution is -0.148. The second kappa shape index (κ2) is 5.70. The zero-order valence-electron chi connectivity index (χ0n) is 13.5. The van der Waals surface area contributed by atoms with Crippen LogP contribution < -0.4 is 5.32 Å². The molecule has 1 aromatic rings. The Morgan fingerprint density at radius 1 is 1.25 bits per heavy atom. The maximum Gasteiger partial charge on any atom is 0.339 e. The maximum atomic E-state index is 12.7. The van der Waals surface area contributed by atoms with Gasteiger partial charge in [0.1, 0.15) is 12.2 Å². The summed E-state index contributed by atoms with van der Waals surface area (Å²) < 4.78 is 10.2. The third kappa shape index (κ3) is 2.02. The van der Waals surface area contributed by atoms with Gasteiger partial charge in [-0.15, -0.1) is 0 Å². The molecule has 1 aliphatic heterocycles. The molecule has 0 saturated carbocycles. The first-order chi connectivity index (χ1) is 11.4. The molecule has 0 fully saturated rings. The largest absolute Gasteiger partial charge is 0.460 e. The SMILES string of the molecule is CCOCCOC(=O)C1=C(C)NC2(O)c3ccccc3C(=O)C12O. The van der Waals surface area contributed by atoms with Crippen LogP contribution in [0.25, 0.3) is 0 Å². The normalized spacial score (nSPS) is 27.8. The van der Waals surface area contributed by atoms with Crippen molar-refractivity contribution in [2.45, 2.75) is 25.2 Å². The van der Waals surface area contributed by atoms with Crippen LogP contribution in [0.5, 0.6) is 0 Å². The molecule has 0 saturated heterocycles. The van der Waals surface area contributed by atoms with Gasteiger partial charge in [0.2, 0.25) is 17.1 Å². The molecular weight excluding hydrogens is 314 g/mol. The number of allylic oxidation sites excluding steroid dienone is 1. The van der Waals surface area contributed by atoms with E-state index in [1.54, 1.807) is 12.1 Å². The van der Waals surface area contributed by atoms with E-state index >= 15 is 0 Å². The Morgan fingerprint density at radius 3 is 2.67 bits per heavy atom. The van der Waals surface area contributed by atoms with Crippen molar-refractivity contribution >= 4 is 11.8 Å². The fraction of sp³-hybridized carbons (Fsp3) is 0.412. The predicted octanol–water partition coefficient (Wildman–Crippen LogP) is 0.216. The molecule has 0 bridgehead atoms. The standard InChI is InChI=1S/C17H19NO6/c1-3-23-8-9-24-15(20)13-10(2)18-17(22)12-7-5-4-6-11(12)14(19)16(13,17)21/h4-7,18,21-22H,3,8-9H2,1-2H3. The molecule has 3 N–H and O–H groups in total. The van der Waals surface area contributed by atoms with Crippen LogP contribution in [0.3, 0.4) is 0 Å². The van der Waals surface area contributed by atoms with Gasteiger partial charge in [-0.05, 0) is 13.8 Å². The molecule has 1 aliphatic carbocycles. The molecular formula is C17H19NO6. The molecule has 0 radical (unpaired) electrons. The molecule has 2 aliphatic rings. The number of benzene rings is 1. The smallest absolute Gasteiger partial charge is 0.339 e. The number of ketones is 1. The van der Waals surface area contributed by atoms with E-state index in [1.807, 2.05) is 6.92 Å². The Bertz CT molecular complexity index is 742. The van der Waals surface area contributed by atoms with Gasteiger partial charge in [0.15, 0.2) is 0 Å². The predicted molar refractivity (Wildman–Crippen MR) is 82.9 cm³/mol. The van der Waals surface area contributed by atoms with Gasteiger partial charge >= 0.3 is 5.97 Å². The molecule has 7 heteroatoms. The molecule has 2 unspecified atom stereocenters. The molecule has 0 spiro atoms. The lowest BCUT2D eigenvalue weighted by Gasteiger charge is -2.31. The summed E-state index contributed by atoms with van der Waals surface area (Å²) in [5.41, 5.74) is -4.18. The van der Waals surface area contributed by atoms with Gasteiger partial charge in [-0.1, -0.05) is 24.3 Å². The number of esters is 1. The van der Waals surface area contributed by atoms with E-state index in [-0.39, 0.29) is 35.6 Å². The first-order valence-electron chi connectivity index (χ1n) is 7.71. The zero-order chi connectivity index (χ0) is 17.5. The fourth-order valence-electron chi connectivity index (χ4n) is 3.32. The summed E-state index contributed by atoms with van der Waals surface area (Å²) in [5.74, 6) is -1.60. The number of Topliss-reactive ketones (excluding diaryl/α,β-unsaturated/α-hetero) is 1. The van der Waals surface area contributed by atoms with Crippen molar-refractivity contribution in [3.05, 3.63) is 46.7 Å². The number of fused-ring (bicyclic) bond motifs is 3. The number of hydrogen-bond donors (Lipinski definition) is 3. The van der Waals surface area contributed by atoms with Crippen molar-refractivity contribution in [1.29, 1.82) is 0 Å². The summed E-state index contributed by atoms with van der Waals surface area (Å²) >= 11 is 0. The van der Waals surface area contributed by atoms with Crippen LogP contribution in [-0.2, 0) is 20.0 Å². The Labute approximate surface area is 138 Å². The van der Waals surface area contributed by atoms with E-state index in [0.29, 0.717) is 6.61 Å². The molecule has 7 nitrogen and oxygen atoms in total. The van der Waals surface area contributed by atoms with Crippen molar-refractivity contribution < 1.29 is 29.3 Å². The summed E-state index contributed by atoms with van der Waals surface area (Å²) in [6.45, 7) is 3.99. The van der Waals surface area contributed by atoms with Crippen LogP contribution in [0.15, 0.2) is 35.5 Å². The highest BCUT2D eigenvalue weighted by molar-refractivity contribution is 6.16. The molecule has 24 heavy (non-hydrogen) atoms. The van der Waals surface area contributed by atoms with E-state index in [9.17, 15) is 19.8 Å². The Balaban J connectivity index is 1.95. The molecule has 0 amide bonds. The Hall–Kier alpha value is -2.22. The number of nitrogens with one attached hydrogen (secondary N) is 1. The summed E-state index contributed by atoms with van der Waals surface area (Å²) in [7, 11) is 0. The van der Waals surface area contributed by atoms with Gasteiger partial charge < -0.3 is 25.0 Å². The second-order valence-electron chi connectivity index (χ2n) is 5.75. The van der Waals surface area contributed by atoms with Gasteiger partial charge in [-0.25, -0.2) is 4.79 Å². The van der Waals surface area contributed by atoms with Crippen LogP contribution >= 0.6 is 0 Å². The third-order valence-electron chi connectivity index (χ3n) is 4.39. The highest BCUT2D eigenvalue weighted by Gasteiger charge is 2.70. The molecule has 0 aromatic heterocycles. The minimum Gasteiger partial charge on any atom is -0.460 e. The number of aliphatic hydroxyl groups is 2. The van der Waals surface area contributed by atoms with Crippen molar-refractivity contribution in [3.63, 3.8) is 0 Å².